The highest BCUT2D eigenvalue weighted by Crippen LogP contribution is 2.22. The number of benzene rings is 1. The second kappa shape index (κ2) is 3.76. The summed E-state index contributed by atoms with van der Waals surface area (Å²) in [6.07, 6.45) is -1.97. The Hall–Kier alpha value is -1.07. The van der Waals surface area contributed by atoms with Crippen molar-refractivity contribution in [3.8, 4) is 0 Å². The highest BCUT2D eigenvalue weighted by atomic mass is 19.1. The van der Waals surface area contributed by atoms with Crippen molar-refractivity contribution in [1.29, 1.82) is 0 Å². The average Bonchev–Trinajstić information content (AvgIpc) is 2.02. The lowest BCUT2D eigenvalue weighted by Crippen LogP contribution is -2.05. The van der Waals surface area contributed by atoms with E-state index in [0.717, 1.165) is 7.11 Å². The first kappa shape index (κ1) is 10.0. The maximum Gasteiger partial charge on any atom is 0.223 e. The minimum atomic E-state index is -1.97. The maximum atomic E-state index is 12.8. The molecule has 0 spiro atoms. The molecular weight excluding hydrogens is 185 g/mol. The Kier molecular flexibility index (Phi) is 2.90. The SMILES string of the molecule is COC([O])c1c(F)cc(F)cc1F. The van der Waals surface area contributed by atoms with Gasteiger partial charge in [-0.05, 0) is 0 Å². The lowest BCUT2D eigenvalue weighted by Gasteiger charge is -2.08. The van der Waals surface area contributed by atoms with Crippen molar-refractivity contribution in [3.63, 3.8) is 0 Å². The van der Waals surface area contributed by atoms with Gasteiger partial charge in [-0.25, -0.2) is 13.2 Å². The molecule has 0 aromatic heterocycles. The molecule has 0 heterocycles. The topological polar surface area (TPSA) is 29.1 Å². The molecule has 0 aliphatic rings. The molecule has 1 unspecified atom stereocenters. The van der Waals surface area contributed by atoms with Crippen LogP contribution >= 0.6 is 0 Å². The molecule has 0 saturated carbocycles. The van der Waals surface area contributed by atoms with Gasteiger partial charge in [-0.2, -0.15) is 5.11 Å². The van der Waals surface area contributed by atoms with E-state index in [1.807, 2.05) is 0 Å². The molecule has 0 aliphatic carbocycles. The molecule has 1 radical (unpaired) electrons. The van der Waals surface area contributed by atoms with Gasteiger partial charge in [0.25, 0.3) is 0 Å². The van der Waals surface area contributed by atoms with E-state index in [0.29, 0.717) is 12.1 Å². The van der Waals surface area contributed by atoms with Gasteiger partial charge in [0.15, 0.2) is 0 Å². The number of rotatable bonds is 2. The van der Waals surface area contributed by atoms with Gasteiger partial charge in [0.05, 0.1) is 5.56 Å². The van der Waals surface area contributed by atoms with Gasteiger partial charge in [-0.15, -0.1) is 0 Å². The van der Waals surface area contributed by atoms with Gasteiger partial charge >= 0.3 is 0 Å². The molecule has 0 saturated heterocycles. The van der Waals surface area contributed by atoms with Crippen molar-refractivity contribution < 1.29 is 23.0 Å². The Balaban J connectivity index is 3.20. The lowest BCUT2D eigenvalue weighted by atomic mass is 10.2. The molecule has 0 N–H and O–H groups in total. The zero-order valence-electron chi connectivity index (χ0n) is 6.68. The Morgan fingerprint density at radius 1 is 1.23 bits per heavy atom. The van der Waals surface area contributed by atoms with Crippen LogP contribution < -0.4 is 0 Å². The maximum absolute atomic E-state index is 12.8. The van der Waals surface area contributed by atoms with E-state index in [1.54, 1.807) is 0 Å². The number of hydrogen-bond acceptors (Lipinski definition) is 1. The summed E-state index contributed by atoms with van der Waals surface area (Å²) < 4.78 is 42.1. The van der Waals surface area contributed by atoms with Crippen LogP contribution in [0.25, 0.3) is 0 Å². The third-order valence-electron chi connectivity index (χ3n) is 1.49. The fraction of sp³-hybridized carbons (Fsp3) is 0.250. The Labute approximate surface area is 72.6 Å². The lowest BCUT2D eigenvalue weighted by molar-refractivity contribution is -0.127. The van der Waals surface area contributed by atoms with Crippen molar-refractivity contribution in [3.05, 3.63) is 35.1 Å². The van der Waals surface area contributed by atoms with Gasteiger partial charge < -0.3 is 4.74 Å². The van der Waals surface area contributed by atoms with Gasteiger partial charge in [0.2, 0.25) is 6.29 Å². The van der Waals surface area contributed by atoms with E-state index in [2.05, 4.69) is 4.74 Å². The zero-order valence-corrected chi connectivity index (χ0v) is 6.68. The summed E-state index contributed by atoms with van der Waals surface area (Å²) in [5.41, 5.74) is -0.802. The summed E-state index contributed by atoms with van der Waals surface area (Å²) in [6.45, 7) is 0. The molecule has 1 aromatic rings. The van der Waals surface area contributed by atoms with E-state index in [9.17, 15) is 18.3 Å². The average molecular weight is 191 g/mol. The second-order valence-corrected chi connectivity index (χ2v) is 2.35. The van der Waals surface area contributed by atoms with Crippen LogP contribution in [-0.2, 0) is 9.84 Å². The van der Waals surface area contributed by atoms with Crippen LogP contribution in [-0.4, -0.2) is 7.11 Å². The van der Waals surface area contributed by atoms with Crippen LogP contribution in [0.1, 0.15) is 11.9 Å². The third kappa shape index (κ3) is 1.99. The number of hydrogen-bond donors (Lipinski definition) is 0. The van der Waals surface area contributed by atoms with E-state index in [-0.39, 0.29) is 0 Å². The molecule has 0 fully saturated rings. The first-order chi connectivity index (χ1) is 6.06. The zero-order chi connectivity index (χ0) is 10.0. The quantitative estimate of drug-likeness (QED) is 0.658. The van der Waals surface area contributed by atoms with Crippen molar-refractivity contribution in [2.75, 3.05) is 7.11 Å². The molecule has 0 amide bonds. The predicted octanol–water partition coefficient (Wildman–Crippen LogP) is 2.18. The van der Waals surface area contributed by atoms with E-state index < -0.39 is 29.3 Å². The highest BCUT2D eigenvalue weighted by Gasteiger charge is 2.19. The van der Waals surface area contributed by atoms with Crippen molar-refractivity contribution in [2.24, 2.45) is 0 Å². The summed E-state index contributed by atoms with van der Waals surface area (Å²) in [4.78, 5) is 0. The van der Waals surface area contributed by atoms with Gasteiger partial charge in [-0.3, -0.25) is 0 Å². The fourth-order valence-electron chi connectivity index (χ4n) is 0.896. The van der Waals surface area contributed by atoms with Crippen LogP contribution in [0.4, 0.5) is 13.2 Å². The van der Waals surface area contributed by atoms with Gasteiger partial charge in [0.1, 0.15) is 17.5 Å². The predicted molar refractivity (Wildman–Crippen MR) is 36.8 cm³/mol. The molecule has 1 atom stereocenters. The van der Waals surface area contributed by atoms with Crippen LogP contribution in [0.2, 0.25) is 0 Å². The van der Waals surface area contributed by atoms with Crippen molar-refractivity contribution >= 4 is 0 Å². The molecule has 2 nitrogen and oxygen atoms in total. The summed E-state index contributed by atoms with van der Waals surface area (Å²) in [5.74, 6) is -3.54. The molecule has 1 aromatic carbocycles. The third-order valence-corrected chi connectivity index (χ3v) is 1.49. The monoisotopic (exact) mass is 191 g/mol. The molecule has 71 valence electrons. The van der Waals surface area contributed by atoms with Crippen LogP contribution in [0.15, 0.2) is 12.1 Å². The summed E-state index contributed by atoms with van der Waals surface area (Å²) in [6, 6.07) is 0.866. The highest BCUT2D eigenvalue weighted by molar-refractivity contribution is 5.21. The van der Waals surface area contributed by atoms with E-state index in [1.165, 1.54) is 0 Å². The van der Waals surface area contributed by atoms with E-state index >= 15 is 0 Å². The Morgan fingerprint density at radius 3 is 2.08 bits per heavy atom. The number of ether oxygens (including phenoxy) is 1. The normalized spacial score (nSPS) is 13.0. The van der Waals surface area contributed by atoms with Gasteiger partial charge in [-0.1, -0.05) is 0 Å². The summed E-state index contributed by atoms with van der Waals surface area (Å²) in [7, 11) is 1.01. The minimum absolute atomic E-state index is 0.433. The van der Waals surface area contributed by atoms with Gasteiger partial charge in [0, 0.05) is 19.2 Å². The molecule has 13 heavy (non-hydrogen) atoms. The standard InChI is InChI=1S/C8H6F3O2/c1-13-8(12)7-5(10)2-4(9)3-6(7)11/h2-3,8H,1H3. The summed E-state index contributed by atoms with van der Waals surface area (Å²) >= 11 is 0. The largest absolute Gasteiger partial charge is 0.349 e. The summed E-state index contributed by atoms with van der Waals surface area (Å²) in [5, 5.41) is 10.8. The van der Waals surface area contributed by atoms with E-state index in [4.69, 9.17) is 0 Å². The first-order valence-electron chi connectivity index (χ1n) is 3.39. The van der Waals surface area contributed by atoms with Crippen LogP contribution in [0, 0.1) is 17.5 Å². The molecule has 5 heteroatoms. The molecule has 0 aliphatic heterocycles. The van der Waals surface area contributed by atoms with Crippen molar-refractivity contribution in [2.45, 2.75) is 6.29 Å². The Bertz CT molecular complexity index is 291. The Morgan fingerprint density at radius 2 is 1.69 bits per heavy atom. The van der Waals surface area contributed by atoms with Crippen LogP contribution in [0.3, 0.4) is 0 Å². The molecular formula is C8H6F3O2. The number of methoxy groups -OCH3 is 1. The molecule has 0 bridgehead atoms. The van der Waals surface area contributed by atoms with Crippen LogP contribution in [0.5, 0.6) is 0 Å². The fourth-order valence-corrected chi connectivity index (χ4v) is 0.896. The second-order valence-electron chi connectivity index (χ2n) is 2.35. The minimum Gasteiger partial charge on any atom is -0.349 e. The first-order valence-corrected chi connectivity index (χ1v) is 3.39. The van der Waals surface area contributed by atoms with Crippen molar-refractivity contribution in [1.82, 2.24) is 0 Å². The smallest absolute Gasteiger partial charge is 0.223 e. The molecule has 1 rings (SSSR count). The number of halogens is 3.